The van der Waals surface area contributed by atoms with Crippen molar-refractivity contribution < 1.29 is 4.79 Å². The summed E-state index contributed by atoms with van der Waals surface area (Å²) in [5.41, 5.74) is 1.53. The van der Waals surface area contributed by atoms with Gasteiger partial charge in [0.05, 0.1) is 5.41 Å². The van der Waals surface area contributed by atoms with Gasteiger partial charge in [0.15, 0.2) is 0 Å². The quantitative estimate of drug-likeness (QED) is 0.850. The second-order valence-electron chi connectivity index (χ2n) is 4.90. The Hall–Kier alpha value is -1.06. The van der Waals surface area contributed by atoms with Gasteiger partial charge < -0.3 is 10.6 Å². The summed E-state index contributed by atoms with van der Waals surface area (Å²) >= 11 is 5.89. The Bertz CT molecular complexity index is 439. The van der Waals surface area contributed by atoms with Crippen molar-refractivity contribution in [3.63, 3.8) is 0 Å². The minimum atomic E-state index is -0.300. The number of rotatable bonds is 2. The molecule has 3 nitrogen and oxygen atoms in total. The number of carbonyl (C=O) groups is 1. The van der Waals surface area contributed by atoms with Gasteiger partial charge in [0.1, 0.15) is 0 Å². The number of amides is 1. The van der Waals surface area contributed by atoms with E-state index in [1.165, 1.54) is 0 Å². The summed E-state index contributed by atoms with van der Waals surface area (Å²) < 4.78 is 0. The smallest absolute Gasteiger partial charge is 0.231 e. The van der Waals surface area contributed by atoms with E-state index in [1.54, 1.807) is 6.07 Å². The summed E-state index contributed by atoms with van der Waals surface area (Å²) in [5.74, 6) is 0.0768. The zero-order chi connectivity index (χ0) is 12.5. The van der Waals surface area contributed by atoms with Gasteiger partial charge in [0, 0.05) is 17.3 Å². The van der Waals surface area contributed by atoms with Crippen molar-refractivity contribution in [2.75, 3.05) is 18.4 Å². The van der Waals surface area contributed by atoms with Gasteiger partial charge in [-0.15, -0.1) is 0 Å². The molecule has 17 heavy (non-hydrogen) atoms. The Morgan fingerprint density at radius 1 is 1.53 bits per heavy atom. The van der Waals surface area contributed by atoms with E-state index in [0.717, 1.165) is 30.8 Å². The Morgan fingerprint density at radius 3 is 2.88 bits per heavy atom. The number of nitrogens with one attached hydrogen (secondary N) is 2. The van der Waals surface area contributed by atoms with E-state index in [2.05, 4.69) is 10.6 Å². The largest absolute Gasteiger partial charge is 0.325 e. The van der Waals surface area contributed by atoms with Gasteiger partial charge in [0.25, 0.3) is 0 Å². The monoisotopic (exact) mass is 252 g/mol. The van der Waals surface area contributed by atoms with Gasteiger partial charge in [0.2, 0.25) is 5.91 Å². The summed E-state index contributed by atoms with van der Waals surface area (Å²) in [4.78, 5) is 12.2. The van der Waals surface area contributed by atoms with Crippen molar-refractivity contribution in [3.05, 3.63) is 28.8 Å². The number of hydrogen-bond acceptors (Lipinski definition) is 2. The maximum Gasteiger partial charge on any atom is 0.231 e. The van der Waals surface area contributed by atoms with Gasteiger partial charge >= 0.3 is 0 Å². The predicted octanol–water partition coefficient (Wildman–Crippen LogP) is 2.59. The van der Waals surface area contributed by atoms with Crippen LogP contribution in [0.4, 0.5) is 5.69 Å². The fraction of sp³-hybridized carbons (Fsp3) is 0.462. The minimum absolute atomic E-state index is 0.0768. The van der Waals surface area contributed by atoms with Crippen molar-refractivity contribution in [3.8, 4) is 0 Å². The van der Waals surface area contributed by atoms with E-state index in [9.17, 15) is 4.79 Å². The number of benzene rings is 1. The average molecular weight is 253 g/mol. The zero-order valence-corrected chi connectivity index (χ0v) is 10.9. The summed E-state index contributed by atoms with van der Waals surface area (Å²) in [6.45, 7) is 5.58. The van der Waals surface area contributed by atoms with Crippen LogP contribution < -0.4 is 10.6 Å². The van der Waals surface area contributed by atoms with Gasteiger partial charge in [-0.3, -0.25) is 4.79 Å². The number of carbonyl (C=O) groups excluding carboxylic acids is 1. The van der Waals surface area contributed by atoms with Crippen molar-refractivity contribution in [1.82, 2.24) is 5.32 Å². The second kappa shape index (κ2) is 4.67. The standard InChI is InChI=1S/C13H17ClN2O/c1-9-7-10(14)3-4-11(9)16-12(17)13(2)5-6-15-8-13/h3-4,7,15H,5-6,8H2,1-2H3,(H,16,17). The van der Waals surface area contributed by atoms with Crippen LogP contribution in [0.1, 0.15) is 18.9 Å². The SMILES string of the molecule is Cc1cc(Cl)ccc1NC(=O)C1(C)CCNC1. The summed E-state index contributed by atoms with van der Waals surface area (Å²) in [7, 11) is 0. The van der Waals surface area contributed by atoms with E-state index < -0.39 is 0 Å². The van der Waals surface area contributed by atoms with E-state index in [-0.39, 0.29) is 11.3 Å². The first kappa shape index (κ1) is 12.4. The Kier molecular flexibility index (Phi) is 3.40. The Balaban J connectivity index is 2.13. The lowest BCUT2D eigenvalue weighted by molar-refractivity contribution is -0.123. The van der Waals surface area contributed by atoms with Crippen molar-refractivity contribution in [2.24, 2.45) is 5.41 Å². The van der Waals surface area contributed by atoms with E-state index in [1.807, 2.05) is 26.0 Å². The van der Waals surface area contributed by atoms with Crippen molar-refractivity contribution >= 4 is 23.2 Å². The zero-order valence-electron chi connectivity index (χ0n) is 10.1. The molecule has 1 aliphatic heterocycles. The van der Waals surface area contributed by atoms with Crippen LogP contribution in [0, 0.1) is 12.3 Å². The lowest BCUT2D eigenvalue weighted by Gasteiger charge is -2.22. The molecule has 1 amide bonds. The number of halogens is 1. The molecule has 1 aromatic carbocycles. The van der Waals surface area contributed by atoms with Gasteiger partial charge in [-0.25, -0.2) is 0 Å². The molecule has 1 fully saturated rings. The van der Waals surface area contributed by atoms with Crippen LogP contribution >= 0.6 is 11.6 Å². The molecule has 1 unspecified atom stereocenters. The fourth-order valence-electron chi connectivity index (χ4n) is 2.05. The molecule has 0 aliphatic carbocycles. The van der Waals surface area contributed by atoms with Gasteiger partial charge in [-0.2, -0.15) is 0 Å². The maximum atomic E-state index is 12.2. The highest BCUT2D eigenvalue weighted by Gasteiger charge is 2.36. The van der Waals surface area contributed by atoms with Crippen LogP contribution in [0.3, 0.4) is 0 Å². The van der Waals surface area contributed by atoms with Gasteiger partial charge in [-0.1, -0.05) is 11.6 Å². The molecular weight excluding hydrogens is 236 g/mol. The third kappa shape index (κ3) is 2.61. The normalized spacial score (nSPS) is 23.7. The maximum absolute atomic E-state index is 12.2. The molecule has 0 radical (unpaired) electrons. The summed E-state index contributed by atoms with van der Waals surface area (Å²) in [5, 5.41) is 6.89. The van der Waals surface area contributed by atoms with E-state index in [0.29, 0.717) is 5.02 Å². The summed E-state index contributed by atoms with van der Waals surface area (Å²) in [6.07, 6.45) is 0.880. The molecule has 0 aromatic heterocycles. The molecule has 1 saturated heterocycles. The molecule has 0 saturated carbocycles. The number of anilines is 1. The topological polar surface area (TPSA) is 41.1 Å². The molecule has 1 aromatic rings. The van der Waals surface area contributed by atoms with E-state index in [4.69, 9.17) is 11.6 Å². The highest BCUT2D eigenvalue weighted by atomic mass is 35.5. The van der Waals surface area contributed by atoms with Crippen LogP contribution in [-0.2, 0) is 4.79 Å². The Labute approximate surface area is 107 Å². The van der Waals surface area contributed by atoms with Crippen LogP contribution in [0.2, 0.25) is 5.02 Å². The second-order valence-corrected chi connectivity index (χ2v) is 5.34. The molecule has 92 valence electrons. The lowest BCUT2D eigenvalue weighted by atomic mass is 9.88. The predicted molar refractivity (Wildman–Crippen MR) is 70.4 cm³/mol. The molecule has 1 aliphatic rings. The molecule has 1 atom stereocenters. The summed E-state index contributed by atoms with van der Waals surface area (Å²) in [6, 6.07) is 5.49. The van der Waals surface area contributed by atoms with Crippen molar-refractivity contribution in [1.29, 1.82) is 0 Å². The third-order valence-electron chi connectivity index (χ3n) is 3.35. The fourth-order valence-corrected chi connectivity index (χ4v) is 2.28. The van der Waals surface area contributed by atoms with Gasteiger partial charge in [-0.05, 0) is 50.6 Å². The molecule has 0 bridgehead atoms. The van der Waals surface area contributed by atoms with Crippen LogP contribution in [-0.4, -0.2) is 19.0 Å². The third-order valence-corrected chi connectivity index (χ3v) is 3.59. The molecule has 2 rings (SSSR count). The molecule has 1 heterocycles. The van der Waals surface area contributed by atoms with Crippen LogP contribution in [0.5, 0.6) is 0 Å². The van der Waals surface area contributed by atoms with Crippen LogP contribution in [0.25, 0.3) is 0 Å². The Morgan fingerprint density at radius 2 is 2.29 bits per heavy atom. The average Bonchev–Trinajstić information content (AvgIpc) is 2.71. The highest BCUT2D eigenvalue weighted by molar-refractivity contribution is 6.30. The number of aryl methyl sites for hydroxylation is 1. The highest BCUT2D eigenvalue weighted by Crippen LogP contribution is 2.27. The first-order chi connectivity index (χ1) is 8.01. The molecule has 2 N–H and O–H groups in total. The first-order valence-electron chi connectivity index (χ1n) is 5.80. The van der Waals surface area contributed by atoms with Crippen LogP contribution in [0.15, 0.2) is 18.2 Å². The number of hydrogen-bond donors (Lipinski definition) is 2. The molecule has 0 spiro atoms. The lowest BCUT2D eigenvalue weighted by Crippen LogP contribution is -2.35. The minimum Gasteiger partial charge on any atom is -0.325 e. The van der Waals surface area contributed by atoms with Crippen molar-refractivity contribution in [2.45, 2.75) is 20.3 Å². The van der Waals surface area contributed by atoms with E-state index >= 15 is 0 Å². The molecular formula is C13H17ClN2O. The molecule has 4 heteroatoms. The first-order valence-corrected chi connectivity index (χ1v) is 6.17.